The number of nitrogens with zero attached hydrogens (tertiary/aromatic N) is 1. The van der Waals surface area contributed by atoms with Gasteiger partial charge in [0.05, 0.1) is 12.6 Å². The molecule has 2 aliphatic rings. The van der Waals surface area contributed by atoms with Crippen LogP contribution in [0.3, 0.4) is 0 Å². The summed E-state index contributed by atoms with van der Waals surface area (Å²) in [6, 6.07) is -0.874. The number of amides is 1. The molecule has 0 radical (unpaired) electrons. The number of hydrogen-bond acceptors (Lipinski definition) is 6. The first-order chi connectivity index (χ1) is 10.7. The summed E-state index contributed by atoms with van der Waals surface area (Å²) in [6.07, 6.45) is 0.665. The lowest BCUT2D eigenvalue weighted by molar-refractivity contribution is -0.159. The highest BCUT2D eigenvalue weighted by Gasteiger charge is 2.53. The van der Waals surface area contributed by atoms with Crippen molar-refractivity contribution in [3.05, 3.63) is 0 Å². The second-order valence-electron chi connectivity index (χ2n) is 6.92. The van der Waals surface area contributed by atoms with Gasteiger partial charge in [0, 0.05) is 12.5 Å². The Hall–Kier alpha value is -1.92. The van der Waals surface area contributed by atoms with E-state index in [0.717, 1.165) is 0 Å². The zero-order valence-corrected chi connectivity index (χ0v) is 14.0. The van der Waals surface area contributed by atoms with Crippen LogP contribution < -0.4 is 0 Å². The number of piperidine rings is 1. The SMILES string of the molecule is CCOC(=O)C(=O)C1C(=O)C[C@@H]2CC[C@H]1N2C(=O)OC(C)(C)C. The Morgan fingerprint density at radius 1 is 1.22 bits per heavy atom. The molecule has 23 heavy (non-hydrogen) atoms. The largest absolute Gasteiger partial charge is 0.460 e. The van der Waals surface area contributed by atoms with Gasteiger partial charge in [-0.2, -0.15) is 0 Å². The van der Waals surface area contributed by atoms with Crippen molar-refractivity contribution in [2.75, 3.05) is 6.61 Å². The van der Waals surface area contributed by atoms with Crippen LogP contribution in [0.4, 0.5) is 4.79 Å². The predicted molar refractivity (Wildman–Crippen MR) is 79.6 cm³/mol. The fourth-order valence-corrected chi connectivity index (χ4v) is 3.26. The molecule has 0 aromatic heterocycles. The lowest BCUT2D eigenvalue weighted by atomic mass is 9.85. The first kappa shape index (κ1) is 17.4. The minimum absolute atomic E-state index is 0.0640. The van der Waals surface area contributed by atoms with Gasteiger partial charge in [0.15, 0.2) is 0 Å². The van der Waals surface area contributed by atoms with Crippen LogP contribution in [0.15, 0.2) is 0 Å². The molecule has 2 aliphatic heterocycles. The maximum atomic E-state index is 12.4. The molecule has 1 amide bonds. The fourth-order valence-electron chi connectivity index (χ4n) is 3.26. The summed E-state index contributed by atoms with van der Waals surface area (Å²) < 4.78 is 10.1. The normalized spacial score (nSPS) is 26.9. The van der Waals surface area contributed by atoms with Crippen LogP contribution in [0.2, 0.25) is 0 Å². The molecule has 0 saturated carbocycles. The molecule has 0 aliphatic carbocycles. The third-order valence-electron chi connectivity index (χ3n) is 4.08. The maximum absolute atomic E-state index is 12.4. The second kappa shape index (κ2) is 6.29. The summed E-state index contributed by atoms with van der Waals surface area (Å²) in [5.74, 6) is -3.31. The predicted octanol–water partition coefficient (Wildman–Crippen LogP) is 1.48. The number of carbonyl (C=O) groups is 4. The van der Waals surface area contributed by atoms with Gasteiger partial charge in [-0.25, -0.2) is 9.59 Å². The Morgan fingerprint density at radius 2 is 1.87 bits per heavy atom. The molecular formula is C16H23NO6. The summed E-state index contributed by atoms with van der Waals surface area (Å²) in [5, 5.41) is 0. The van der Waals surface area contributed by atoms with Crippen molar-refractivity contribution < 1.29 is 28.7 Å². The van der Waals surface area contributed by atoms with Crippen LogP contribution >= 0.6 is 0 Å². The number of fused-ring (bicyclic) bond motifs is 2. The molecule has 2 saturated heterocycles. The van der Waals surface area contributed by atoms with Gasteiger partial charge in [-0.3, -0.25) is 9.59 Å². The molecule has 1 unspecified atom stereocenters. The van der Waals surface area contributed by atoms with Crippen LogP contribution in [-0.4, -0.2) is 52.8 Å². The topological polar surface area (TPSA) is 90.0 Å². The first-order valence-electron chi connectivity index (χ1n) is 7.90. The number of hydrogen-bond donors (Lipinski definition) is 0. The highest BCUT2D eigenvalue weighted by atomic mass is 16.6. The van der Waals surface area contributed by atoms with Crippen molar-refractivity contribution in [1.82, 2.24) is 4.90 Å². The van der Waals surface area contributed by atoms with E-state index in [4.69, 9.17) is 9.47 Å². The van der Waals surface area contributed by atoms with E-state index >= 15 is 0 Å². The molecule has 0 aromatic rings. The zero-order valence-electron chi connectivity index (χ0n) is 14.0. The molecule has 0 spiro atoms. The van der Waals surface area contributed by atoms with Crippen LogP contribution in [0.5, 0.6) is 0 Å². The van der Waals surface area contributed by atoms with E-state index in [9.17, 15) is 19.2 Å². The summed E-state index contributed by atoms with van der Waals surface area (Å²) in [7, 11) is 0. The van der Waals surface area contributed by atoms with Crippen LogP contribution in [0.25, 0.3) is 0 Å². The standard InChI is InChI=1S/C16H23NO6/c1-5-22-14(20)13(19)12-10-7-6-9(8-11(12)18)17(10)15(21)23-16(2,3)4/h9-10,12H,5-8H2,1-4H3/t9-,10+,12?/m0/s1. The smallest absolute Gasteiger partial charge is 0.410 e. The number of carbonyl (C=O) groups excluding carboxylic acids is 4. The summed E-state index contributed by atoms with van der Waals surface area (Å²) in [5.41, 5.74) is -0.668. The Morgan fingerprint density at radius 3 is 2.43 bits per heavy atom. The van der Waals surface area contributed by atoms with E-state index in [2.05, 4.69) is 0 Å². The molecule has 2 heterocycles. The molecule has 7 nitrogen and oxygen atoms in total. The molecule has 128 valence electrons. The average molecular weight is 325 g/mol. The molecular weight excluding hydrogens is 302 g/mol. The van der Waals surface area contributed by atoms with Gasteiger partial charge in [0.2, 0.25) is 0 Å². The lowest BCUT2D eigenvalue weighted by Crippen LogP contribution is -2.56. The highest BCUT2D eigenvalue weighted by molar-refractivity contribution is 6.38. The lowest BCUT2D eigenvalue weighted by Gasteiger charge is -2.38. The van der Waals surface area contributed by atoms with E-state index in [1.807, 2.05) is 0 Å². The van der Waals surface area contributed by atoms with Crippen molar-refractivity contribution in [2.45, 2.75) is 64.6 Å². The van der Waals surface area contributed by atoms with E-state index < -0.39 is 35.4 Å². The van der Waals surface area contributed by atoms with E-state index in [-0.39, 0.29) is 24.9 Å². The number of Topliss-reactive ketones (excluding diaryl/α,β-unsaturated/α-hetero) is 2. The van der Waals surface area contributed by atoms with Gasteiger partial charge in [-0.05, 0) is 40.5 Å². The van der Waals surface area contributed by atoms with E-state index in [1.165, 1.54) is 4.90 Å². The average Bonchev–Trinajstić information content (AvgIpc) is 2.73. The minimum atomic E-state index is -1.14. The van der Waals surface area contributed by atoms with Crippen LogP contribution in [0, 0.1) is 5.92 Å². The van der Waals surface area contributed by atoms with Gasteiger partial charge in [0.1, 0.15) is 17.3 Å². The Balaban J connectivity index is 2.22. The molecule has 0 N–H and O–H groups in total. The Kier molecular flexibility index (Phi) is 4.77. The van der Waals surface area contributed by atoms with Crippen LogP contribution in [-0.2, 0) is 23.9 Å². The summed E-state index contributed by atoms with van der Waals surface area (Å²) >= 11 is 0. The zero-order chi connectivity index (χ0) is 17.4. The monoisotopic (exact) mass is 325 g/mol. The van der Waals surface area contributed by atoms with Gasteiger partial charge in [-0.1, -0.05) is 0 Å². The number of rotatable bonds is 3. The van der Waals surface area contributed by atoms with E-state index in [0.29, 0.717) is 12.8 Å². The molecule has 0 aromatic carbocycles. The van der Waals surface area contributed by atoms with Crippen molar-refractivity contribution in [3.63, 3.8) is 0 Å². The van der Waals surface area contributed by atoms with Gasteiger partial charge < -0.3 is 14.4 Å². The number of ketones is 2. The molecule has 2 bridgehead atoms. The van der Waals surface area contributed by atoms with Crippen LogP contribution in [0.1, 0.15) is 47.0 Å². The Labute approximate surface area is 135 Å². The van der Waals surface area contributed by atoms with Gasteiger partial charge in [-0.15, -0.1) is 0 Å². The third-order valence-corrected chi connectivity index (χ3v) is 4.08. The van der Waals surface area contributed by atoms with Crippen molar-refractivity contribution in [2.24, 2.45) is 5.92 Å². The fraction of sp³-hybridized carbons (Fsp3) is 0.750. The maximum Gasteiger partial charge on any atom is 0.410 e. The van der Waals surface area contributed by atoms with Crippen molar-refractivity contribution in [1.29, 1.82) is 0 Å². The quantitative estimate of drug-likeness (QED) is 0.443. The number of ether oxygens (including phenoxy) is 2. The summed E-state index contributed by atoms with van der Waals surface area (Å²) in [6.45, 7) is 6.91. The third kappa shape index (κ3) is 3.54. The molecule has 2 fully saturated rings. The molecule has 2 rings (SSSR count). The summed E-state index contributed by atoms with van der Waals surface area (Å²) in [4.78, 5) is 50.1. The van der Waals surface area contributed by atoms with Crippen molar-refractivity contribution >= 4 is 23.6 Å². The molecule has 7 heteroatoms. The number of esters is 1. The van der Waals surface area contributed by atoms with Crippen molar-refractivity contribution in [3.8, 4) is 0 Å². The van der Waals surface area contributed by atoms with Gasteiger partial charge in [0.25, 0.3) is 5.78 Å². The Bertz CT molecular complexity index is 535. The first-order valence-corrected chi connectivity index (χ1v) is 7.90. The second-order valence-corrected chi connectivity index (χ2v) is 6.92. The van der Waals surface area contributed by atoms with Gasteiger partial charge >= 0.3 is 12.1 Å². The van der Waals surface area contributed by atoms with E-state index in [1.54, 1.807) is 27.7 Å². The highest BCUT2D eigenvalue weighted by Crippen LogP contribution is 2.39. The molecule has 3 atom stereocenters. The minimum Gasteiger partial charge on any atom is -0.460 e.